The first-order valence-corrected chi connectivity index (χ1v) is 14.5. The van der Waals surface area contributed by atoms with Gasteiger partial charge in [0.15, 0.2) is 0 Å². The van der Waals surface area contributed by atoms with E-state index in [0.717, 1.165) is 12.8 Å². The Kier molecular flexibility index (Phi) is 34.6. The molecule has 0 aliphatic heterocycles. The minimum absolute atomic E-state index is 0. The summed E-state index contributed by atoms with van der Waals surface area (Å²) in [5, 5.41) is 8.60. The van der Waals surface area contributed by atoms with Crippen molar-refractivity contribution < 1.29 is 9.90 Å². The molecular formula is C29H60CaO2. The summed E-state index contributed by atoms with van der Waals surface area (Å²) in [5.74, 6) is -0.649. The molecule has 3 heteroatoms. The number of carboxylic acids is 1. The molecule has 0 unspecified atom stereocenters. The first-order chi connectivity index (χ1) is 15.3. The molecule has 0 aromatic rings. The van der Waals surface area contributed by atoms with E-state index in [-0.39, 0.29) is 37.7 Å². The van der Waals surface area contributed by atoms with Gasteiger partial charge in [-0.05, 0) is 6.42 Å². The molecule has 0 saturated carbocycles. The van der Waals surface area contributed by atoms with E-state index >= 15 is 0 Å². The molecule has 1 N–H and O–H groups in total. The van der Waals surface area contributed by atoms with Crippen molar-refractivity contribution >= 4 is 43.7 Å². The van der Waals surface area contributed by atoms with Crippen molar-refractivity contribution in [3.05, 3.63) is 0 Å². The SMILES string of the molecule is CCCCCCCCCCCCCCCCCCCCCCCCCCCCC(=O)O.[CaH2]. The zero-order chi connectivity index (χ0) is 22.7. The first-order valence-electron chi connectivity index (χ1n) is 14.5. The van der Waals surface area contributed by atoms with Crippen LogP contribution in [-0.4, -0.2) is 48.8 Å². The van der Waals surface area contributed by atoms with E-state index in [4.69, 9.17) is 5.11 Å². The second kappa shape index (κ2) is 31.7. The van der Waals surface area contributed by atoms with E-state index in [1.807, 2.05) is 0 Å². The van der Waals surface area contributed by atoms with E-state index in [0.29, 0.717) is 6.42 Å². The van der Waals surface area contributed by atoms with Gasteiger partial charge in [-0.3, -0.25) is 4.79 Å². The molecule has 190 valence electrons. The normalized spacial score (nSPS) is 10.9. The molecule has 2 nitrogen and oxygen atoms in total. The van der Waals surface area contributed by atoms with Crippen molar-refractivity contribution in [3.63, 3.8) is 0 Å². The molecule has 0 aliphatic carbocycles. The zero-order valence-electron chi connectivity index (χ0n) is 21.4. The first kappa shape index (κ1) is 34.9. The second-order valence-electron chi connectivity index (χ2n) is 9.98. The van der Waals surface area contributed by atoms with Crippen LogP contribution in [-0.2, 0) is 4.79 Å². The van der Waals surface area contributed by atoms with E-state index in [1.165, 1.54) is 154 Å². The van der Waals surface area contributed by atoms with E-state index < -0.39 is 5.97 Å². The van der Waals surface area contributed by atoms with Crippen molar-refractivity contribution in [2.24, 2.45) is 0 Å². The number of rotatable bonds is 27. The Bertz CT molecular complexity index is 346. The minimum atomic E-state index is -0.649. The van der Waals surface area contributed by atoms with Gasteiger partial charge in [0.05, 0.1) is 0 Å². The molecule has 0 radical (unpaired) electrons. The molecule has 32 heavy (non-hydrogen) atoms. The standard InChI is InChI=1S/C29H58O2.Ca.2H/c1-2-3-4-5-6-7-8-9-10-11-12-13-14-15-16-17-18-19-20-21-22-23-24-25-26-27-28-29(30)31;;;/h2-28H2,1H3,(H,30,31);;;. The quantitative estimate of drug-likeness (QED) is 0.0938. The molecular weight excluding hydrogens is 420 g/mol. The van der Waals surface area contributed by atoms with Gasteiger partial charge in [-0.25, -0.2) is 0 Å². The Hall–Kier alpha value is 0.730. The van der Waals surface area contributed by atoms with Gasteiger partial charge in [0.2, 0.25) is 0 Å². The van der Waals surface area contributed by atoms with Crippen molar-refractivity contribution in [1.29, 1.82) is 0 Å². The number of carboxylic acid groups (broad SMARTS) is 1. The van der Waals surface area contributed by atoms with Crippen molar-refractivity contribution in [2.75, 3.05) is 0 Å². The molecule has 0 heterocycles. The van der Waals surface area contributed by atoms with Gasteiger partial charge < -0.3 is 5.11 Å². The van der Waals surface area contributed by atoms with Crippen molar-refractivity contribution in [1.82, 2.24) is 0 Å². The zero-order valence-corrected chi connectivity index (χ0v) is 21.4. The molecule has 0 amide bonds. The molecule has 0 aromatic carbocycles. The summed E-state index contributed by atoms with van der Waals surface area (Å²) in [6, 6.07) is 0. The molecule has 0 saturated heterocycles. The van der Waals surface area contributed by atoms with Crippen LogP contribution in [0, 0.1) is 0 Å². The average molecular weight is 481 g/mol. The third-order valence-electron chi connectivity index (χ3n) is 6.74. The fourth-order valence-electron chi connectivity index (χ4n) is 4.59. The summed E-state index contributed by atoms with van der Waals surface area (Å²) < 4.78 is 0. The van der Waals surface area contributed by atoms with Crippen LogP contribution in [0.2, 0.25) is 0 Å². The monoisotopic (exact) mass is 480 g/mol. The molecule has 0 atom stereocenters. The predicted molar refractivity (Wildman–Crippen MR) is 147 cm³/mol. The number of unbranched alkanes of at least 4 members (excludes halogenated alkanes) is 25. The molecule has 0 fully saturated rings. The summed E-state index contributed by atoms with van der Waals surface area (Å²) in [6.45, 7) is 2.30. The van der Waals surface area contributed by atoms with Crippen LogP contribution in [0.3, 0.4) is 0 Å². The molecule has 0 bridgehead atoms. The van der Waals surface area contributed by atoms with Gasteiger partial charge in [-0.15, -0.1) is 0 Å². The van der Waals surface area contributed by atoms with Gasteiger partial charge in [0, 0.05) is 6.42 Å². The van der Waals surface area contributed by atoms with Crippen LogP contribution in [0.25, 0.3) is 0 Å². The molecule has 0 spiro atoms. The van der Waals surface area contributed by atoms with Crippen LogP contribution < -0.4 is 0 Å². The molecule has 0 aliphatic rings. The van der Waals surface area contributed by atoms with E-state index in [9.17, 15) is 4.79 Å². The van der Waals surface area contributed by atoms with Crippen LogP contribution in [0.5, 0.6) is 0 Å². The summed E-state index contributed by atoms with van der Waals surface area (Å²) >= 11 is 0. The average Bonchev–Trinajstić information content (AvgIpc) is 2.76. The molecule has 0 aromatic heterocycles. The van der Waals surface area contributed by atoms with Gasteiger partial charge in [0.1, 0.15) is 0 Å². The Morgan fingerprint density at radius 2 is 0.594 bits per heavy atom. The Balaban J connectivity index is 0. The van der Waals surface area contributed by atoms with Crippen LogP contribution in [0.15, 0.2) is 0 Å². The topological polar surface area (TPSA) is 37.3 Å². The van der Waals surface area contributed by atoms with Crippen LogP contribution in [0.1, 0.15) is 180 Å². The Morgan fingerprint density at radius 1 is 0.406 bits per heavy atom. The fraction of sp³-hybridized carbons (Fsp3) is 0.966. The summed E-state index contributed by atoms with van der Waals surface area (Å²) in [5.41, 5.74) is 0. The second-order valence-corrected chi connectivity index (χ2v) is 9.98. The van der Waals surface area contributed by atoms with Gasteiger partial charge in [-0.2, -0.15) is 0 Å². The number of hydrogen-bond donors (Lipinski definition) is 1. The third kappa shape index (κ3) is 32.9. The number of aliphatic carboxylic acids is 1. The van der Waals surface area contributed by atoms with Gasteiger partial charge in [0.25, 0.3) is 0 Å². The van der Waals surface area contributed by atoms with Crippen molar-refractivity contribution in [3.8, 4) is 0 Å². The maximum atomic E-state index is 10.4. The Morgan fingerprint density at radius 3 is 0.781 bits per heavy atom. The van der Waals surface area contributed by atoms with Gasteiger partial charge in [-0.1, -0.05) is 167 Å². The summed E-state index contributed by atoms with van der Waals surface area (Å²) in [7, 11) is 0. The fourth-order valence-corrected chi connectivity index (χ4v) is 4.59. The predicted octanol–water partition coefficient (Wildman–Crippen LogP) is 9.71. The van der Waals surface area contributed by atoms with E-state index in [2.05, 4.69) is 6.92 Å². The summed E-state index contributed by atoms with van der Waals surface area (Å²) in [4.78, 5) is 10.4. The van der Waals surface area contributed by atoms with Crippen molar-refractivity contribution in [2.45, 2.75) is 180 Å². The number of hydrogen-bond acceptors (Lipinski definition) is 1. The number of carbonyl (C=O) groups is 1. The third-order valence-corrected chi connectivity index (χ3v) is 6.74. The Labute approximate surface area is 232 Å². The van der Waals surface area contributed by atoms with Crippen LogP contribution >= 0.6 is 0 Å². The summed E-state index contributed by atoms with van der Waals surface area (Å²) in [6.07, 6.45) is 36.5. The maximum absolute atomic E-state index is 10.4. The molecule has 0 rings (SSSR count). The van der Waals surface area contributed by atoms with Gasteiger partial charge >= 0.3 is 43.7 Å². The van der Waals surface area contributed by atoms with Crippen LogP contribution in [0.4, 0.5) is 0 Å². The van der Waals surface area contributed by atoms with E-state index in [1.54, 1.807) is 0 Å².